The van der Waals surface area contributed by atoms with Gasteiger partial charge in [0.05, 0.1) is 0 Å². The first kappa shape index (κ1) is 22.4. The number of aromatic nitrogens is 3. The summed E-state index contributed by atoms with van der Waals surface area (Å²) in [5.41, 5.74) is 0. The van der Waals surface area contributed by atoms with Gasteiger partial charge in [-0.15, -0.1) is 0 Å². The molecule has 0 spiro atoms. The number of nitrogens with one attached hydrogen (secondary N) is 2. The standard InChI is InChI=1S/C21H38N4O/c1-2-3-4-14-17-21(26)22-18-15-12-10-8-6-5-7-9-11-13-16-20-23-19-24-25-20/h6,8,19H,2-5,7,9-18H2,1H3,(H,22,26)(H,23,24,25)/b8-6-. The second kappa shape index (κ2) is 16.8. The zero-order valence-corrected chi connectivity index (χ0v) is 16.6. The second-order valence-corrected chi connectivity index (χ2v) is 7.01. The first-order valence-electron chi connectivity index (χ1n) is 10.6. The first-order chi connectivity index (χ1) is 12.8. The van der Waals surface area contributed by atoms with Gasteiger partial charge in [-0.2, -0.15) is 5.10 Å². The zero-order chi connectivity index (χ0) is 18.7. The van der Waals surface area contributed by atoms with Gasteiger partial charge in [-0.3, -0.25) is 9.89 Å². The monoisotopic (exact) mass is 362 g/mol. The molecule has 0 fully saturated rings. The molecular weight excluding hydrogens is 324 g/mol. The maximum absolute atomic E-state index is 11.6. The maximum atomic E-state index is 11.6. The summed E-state index contributed by atoms with van der Waals surface area (Å²) in [6.45, 7) is 3.02. The van der Waals surface area contributed by atoms with Crippen LogP contribution in [0.25, 0.3) is 0 Å². The van der Waals surface area contributed by atoms with E-state index >= 15 is 0 Å². The molecule has 0 unspecified atom stereocenters. The van der Waals surface area contributed by atoms with Crippen LogP contribution in [-0.4, -0.2) is 27.6 Å². The van der Waals surface area contributed by atoms with E-state index < -0.39 is 0 Å². The van der Waals surface area contributed by atoms with Gasteiger partial charge in [0.1, 0.15) is 12.2 Å². The number of aromatic amines is 1. The number of carbonyl (C=O) groups is 1. The SMILES string of the molecule is CCCCCCC(=O)NCCCC/C=C\CCCCCCc1ncn[nH]1. The molecule has 26 heavy (non-hydrogen) atoms. The second-order valence-electron chi connectivity index (χ2n) is 7.01. The van der Waals surface area contributed by atoms with Gasteiger partial charge in [-0.05, 0) is 44.9 Å². The van der Waals surface area contributed by atoms with Gasteiger partial charge in [-0.1, -0.05) is 51.2 Å². The predicted octanol–water partition coefficient (Wildman–Crippen LogP) is 5.11. The fraction of sp³-hybridized carbons (Fsp3) is 0.762. The number of hydrogen-bond donors (Lipinski definition) is 2. The summed E-state index contributed by atoms with van der Waals surface area (Å²) in [6.07, 6.45) is 22.1. The molecule has 1 rings (SSSR count). The Morgan fingerprint density at radius 3 is 2.46 bits per heavy atom. The Kier molecular flexibility index (Phi) is 14.5. The maximum Gasteiger partial charge on any atom is 0.219 e. The van der Waals surface area contributed by atoms with Crippen molar-refractivity contribution in [3.8, 4) is 0 Å². The molecular formula is C21H38N4O. The van der Waals surface area contributed by atoms with E-state index in [0.29, 0.717) is 6.42 Å². The third-order valence-electron chi connectivity index (χ3n) is 4.54. The topological polar surface area (TPSA) is 70.7 Å². The third kappa shape index (κ3) is 13.6. The molecule has 5 heteroatoms. The van der Waals surface area contributed by atoms with Crippen LogP contribution in [0.2, 0.25) is 0 Å². The molecule has 0 saturated carbocycles. The summed E-state index contributed by atoms with van der Waals surface area (Å²) in [5.74, 6) is 1.22. The largest absolute Gasteiger partial charge is 0.356 e. The van der Waals surface area contributed by atoms with Gasteiger partial charge >= 0.3 is 0 Å². The fourth-order valence-corrected chi connectivity index (χ4v) is 2.91. The average molecular weight is 363 g/mol. The van der Waals surface area contributed by atoms with Crippen LogP contribution in [0.5, 0.6) is 0 Å². The van der Waals surface area contributed by atoms with Gasteiger partial charge in [0.2, 0.25) is 5.91 Å². The molecule has 0 bridgehead atoms. The molecule has 0 aliphatic rings. The zero-order valence-electron chi connectivity index (χ0n) is 16.6. The lowest BCUT2D eigenvalue weighted by molar-refractivity contribution is -0.121. The number of hydrogen-bond acceptors (Lipinski definition) is 3. The number of unbranched alkanes of at least 4 members (excludes halogenated alkanes) is 9. The number of nitrogens with zero attached hydrogens (tertiary/aromatic N) is 2. The molecule has 0 saturated heterocycles. The lowest BCUT2D eigenvalue weighted by Gasteiger charge is -2.04. The Morgan fingerprint density at radius 2 is 1.73 bits per heavy atom. The summed E-state index contributed by atoms with van der Waals surface area (Å²) in [5, 5.41) is 9.79. The van der Waals surface area contributed by atoms with Crippen LogP contribution in [0.4, 0.5) is 0 Å². The van der Waals surface area contributed by atoms with Gasteiger partial charge in [0.25, 0.3) is 0 Å². The minimum atomic E-state index is 0.222. The molecule has 1 aromatic heterocycles. The van der Waals surface area contributed by atoms with Crippen molar-refractivity contribution in [1.29, 1.82) is 0 Å². The molecule has 5 nitrogen and oxygen atoms in total. The molecule has 1 heterocycles. The molecule has 1 aromatic rings. The van der Waals surface area contributed by atoms with E-state index in [2.05, 4.69) is 39.6 Å². The van der Waals surface area contributed by atoms with Crippen LogP contribution in [0.1, 0.15) is 96.2 Å². The number of carbonyl (C=O) groups excluding carboxylic acids is 1. The van der Waals surface area contributed by atoms with Crippen molar-refractivity contribution in [2.45, 2.75) is 96.8 Å². The molecule has 148 valence electrons. The van der Waals surface area contributed by atoms with Crippen LogP contribution in [-0.2, 0) is 11.2 Å². The highest BCUT2D eigenvalue weighted by atomic mass is 16.1. The summed E-state index contributed by atoms with van der Waals surface area (Å²) >= 11 is 0. The Morgan fingerprint density at radius 1 is 1.00 bits per heavy atom. The molecule has 2 N–H and O–H groups in total. The van der Waals surface area contributed by atoms with E-state index in [1.165, 1.54) is 51.4 Å². The predicted molar refractivity (Wildman–Crippen MR) is 108 cm³/mol. The number of H-pyrrole nitrogens is 1. The van der Waals surface area contributed by atoms with Crippen molar-refractivity contribution in [1.82, 2.24) is 20.5 Å². The van der Waals surface area contributed by atoms with Gasteiger partial charge in [0, 0.05) is 19.4 Å². The van der Waals surface area contributed by atoms with E-state index in [1.54, 1.807) is 6.33 Å². The molecule has 0 aliphatic heterocycles. The minimum Gasteiger partial charge on any atom is -0.356 e. The lowest BCUT2D eigenvalue weighted by Crippen LogP contribution is -2.23. The normalized spacial score (nSPS) is 11.3. The quantitative estimate of drug-likeness (QED) is 0.299. The smallest absolute Gasteiger partial charge is 0.219 e. The average Bonchev–Trinajstić information content (AvgIpc) is 3.16. The first-order valence-corrected chi connectivity index (χ1v) is 10.6. The molecule has 0 radical (unpaired) electrons. The van der Waals surface area contributed by atoms with E-state index in [1.807, 2.05) is 0 Å². The number of rotatable bonds is 17. The highest BCUT2D eigenvalue weighted by molar-refractivity contribution is 5.75. The minimum absolute atomic E-state index is 0.222. The Hall–Kier alpha value is -1.65. The highest BCUT2D eigenvalue weighted by Gasteiger charge is 1.99. The molecule has 0 aromatic carbocycles. The summed E-state index contributed by atoms with van der Waals surface area (Å²) in [6, 6.07) is 0. The van der Waals surface area contributed by atoms with Crippen LogP contribution in [0.15, 0.2) is 18.5 Å². The van der Waals surface area contributed by atoms with Gasteiger partial charge < -0.3 is 5.32 Å². The van der Waals surface area contributed by atoms with Crippen molar-refractivity contribution in [2.24, 2.45) is 0 Å². The third-order valence-corrected chi connectivity index (χ3v) is 4.54. The Labute approximate surface area is 159 Å². The number of allylic oxidation sites excluding steroid dienone is 2. The summed E-state index contributed by atoms with van der Waals surface area (Å²) in [7, 11) is 0. The number of amides is 1. The number of aryl methyl sites for hydroxylation is 1. The van der Waals surface area contributed by atoms with Crippen LogP contribution in [0, 0.1) is 0 Å². The van der Waals surface area contributed by atoms with Crippen molar-refractivity contribution in [2.75, 3.05) is 6.54 Å². The van der Waals surface area contributed by atoms with Gasteiger partial charge in [0.15, 0.2) is 0 Å². The van der Waals surface area contributed by atoms with E-state index in [9.17, 15) is 4.79 Å². The van der Waals surface area contributed by atoms with Crippen LogP contribution >= 0.6 is 0 Å². The fourth-order valence-electron chi connectivity index (χ4n) is 2.91. The highest BCUT2D eigenvalue weighted by Crippen LogP contribution is 2.07. The van der Waals surface area contributed by atoms with Crippen molar-refractivity contribution < 1.29 is 4.79 Å². The van der Waals surface area contributed by atoms with E-state index in [0.717, 1.165) is 44.5 Å². The van der Waals surface area contributed by atoms with E-state index in [4.69, 9.17) is 0 Å². The Balaban J connectivity index is 1.78. The Bertz CT molecular complexity index is 457. The van der Waals surface area contributed by atoms with Crippen LogP contribution in [0.3, 0.4) is 0 Å². The van der Waals surface area contributed by atoms with Crippen molar-refractivity contribution in [3.63, 3.8) is 0 Å². The van der Waals surface area contributed by atoms with Gasteiger partial charge in [-0.25, -0.2) is 4.98 Å². The lowest BCUT2D eigenvalue weighted by atomic mass is 10.1. The van der Waals surface area contributed by atoms with Crippen LogP contribution < -0.4 is 5.32 Å². The summed E-state index contributed by atoms with van der Waals surface area (Å²) in [4.78, 5) is 15.8. The van der Waals surface area contributed by atoms with Crippen molar-refractivity contribution in [3.05, 3.63) is 24.3 Å². The van der Waals surface area contributed by atoms with Crippen molar-refractivity contribution >= 4 is 5.91 Å². The molecule has 1 amide bonds. The molecule has 0 atom stereocenters. The van der Waals surface area contributed by atoms with E-state index in [-0.39, 0.29) is 5.91 Å². The summed E-state index contributed by atoms with van der Waals surface area (Å²) < 4.78 is 0. The molecule has 0 aliphatic carbocycles.